The summed E-state index contributed by atoms with van der Waals surface area (Å²) in [6, 6.07) is 5.60. The van der Waals surface area contributed by atoms with Crippen molar-refractivity contribution in [1.29, 1.82) is 0 Å². The van der Waals surface area contributed by atoms with E-state index < -0.39 is 11.4 Å². The fraction of sp³-hybridized carbons (Fsp3) is 0.471. The number of hydrogen-bond donors (Lipinski definition) is 1. The largest absolute Gasteiger partial charge is 0.481 e. The molecule has 0 spiro atoms. The van der Waals surface area contributed by atoms with Crippen molar-refractivity contribution in [3.63, 3.8) is 0 Å². The van der Waals surface area contributed by atoms with Gasteiger partial charge in [-0.3, -0.25) is 14.0 Å². The summed E-state index contributed by atoms with van der Waals surface area (Å²) >= 11 is 1.46. The van der Waals surface area contributed by atoms with Crippen molar-refractivity contribution in [2.24, 2.45) is 5.41 Å². The number of thioether (sulfide) groups is 1. The third kappa shape index (κ3) is 3.11. The number of likely N-dealkylation sites (tertiary alicyclic amines) is 1. The average molecular weight is 363 g/mol. The first kappa shape index (κ1) is 17.8. The number of fused-ring (bicyclic) bond motifs is 1. The molecular weight excluding hydrogens is 342 g/mol. The summed E-state index contributed by atoms with van der Waals surface area (Å²) in [5, 5.41) is 10.4. The zero-order chi connectivity index (χ0) is 18.0. The lowest BCUT2D eigenvalue weighted by Gasteiger charge is -2.39. The van der Waals surface area contributed by atoms with Gasteiger partial charge in [-0.05, 0) is 31.2 Å². The predicted molar refractivity (Wildman–Crippen MR) is 94.1 cm³/mol. The van der Waals surface area contributed by atoms with E-state index in [0.717, 1.165) is 10.7 Å². The first-order valence-corrected chi connectivity index (χ1v) is 9.27. The van der Waals surface area contributed by atoms with Gasteiger partial charge in [-0.2, -0.15) is 0 Å². The van der Waals surface area contributed by atoms with Gasteiger partial charge in [0.05, 0.1) is 12.1 Å². The monoisotopic (exact) mass is 363 g/mol. The van der Waals surface area contributed by atoms with Crippen LogP contribution in [0.5, 0.6) is 0 Å². The Bertz CT molecular complexity index is 802. The molecule has 1 amide bonds. The van der Waals surface area contributed by atoms with Gasteiger partial charge in [-0.25, -0.2) is 4.98 Å². The number of imidazole rings is 1. The second-order valence-electron chi connectivity index (χ2n) is 6.25. The molecule has 0 radical (unpaired) electrons. The van der Waals surface area contributed by atoms with Crippen LogP contribution < -0.4 is 0 Å². The Kier molecular flexibility index (Phi) is 5.01. The highest BCUT2D eigenvalue weighted by Gasteiger charge is 2.44. The standard InChI is InChI=1S/C17H21N3O4S/c1-24-11-17(15(22)23)7-5-8-19(10-17)14(21)13-12-6-3-4-9-20(12)16(18-13)25-2/h3-4,6,9H,5,7-8,10-11H2,1-2H3,(H,22,23). The van der Waals surface area contributed by atoms with Gasteiger partial charge in [0.15, 0.2) is 10.9 Å². The van der Waals surface area contributed by atoms with E-state index in [-0.39, 0.29) is 19.1 Å². The van der Waals surface area contributed by atoms with E-state index in [1.807, 2.05) is 35.1 Å². The number of pyridine rings is 1. The minimum Gasteiger partial charge on any atom is -0.481 e. The molecule has 1 fully saturated rings. The lowest BCUT2D eigenvalue weighted by Crippen LogP contribution is -2.52. The number of amides is 1. The maximum atomic E-state index is 13.1. The molecule has 0 aromatic carbocycles. The summed E-state index contributed by atoms with van der Waals surface area (Å²) in [6.45, 7) is 0.750. The Morgan fingerprint density at radius 3 is 2.92 bits per heavy atom. The van der Waals surface area contributed by atoms with Crippen molar-refractivity contribution in [3.8, 4) is 0 Å². The molecule has 0 aliphatic carbocycles. The lowest BCUT2D eigenvalue weighted by molar-refractivity contribution is -0.155. The highest BCUT2D eigenvalue weighted by atomic mass is 32.2. The van der Waals surface area contributed by atoms with Crippen molar-refractivity contribution in [2.45, 2.75) is 18.0 Å². The average Bonchev–Trinajstić information content (AvgIpc) is 3.00. The summed E-state index contributed by atoms with van der Waals surface area (Å²) in [6.07, 6.45) is 4.90. The third-order valence-electron chi connectivity index (χ3n) is 4.64. The molecule has 1 atom stereocenters. The molecule has 25 heavy (non-hydrogen) atoms. The number of carbonyl (C=O) groups is 2. The number of hydrogen-bond acceptors (Lipinski definition) is 5. The van der Waals surface area contributed by atoms with Gasteiger partial charge >= 0.3 is 5.97 Å². The van der Waals surface area contributed by atoms with E-state index in [4.69, 9.17) is 4.74 Å². The van der Waals surface area contributed by atoms with Gasteiger partial charge in [0, 0.05) is 26.4 Å². The van der Waals surface area contributed by atoms with E-state index in [1.54, 1.807) is 4.90 Å². The molecule has 1 aliphatic rings. The summed E-state index contributed by atoms with van der Waals surface area (Å²) in [4.78, 5) is 30.9. The third-order valence-corrected chi connectivity index (χ3v) is 5.29. The van der Waals surface area contributed by atoms with Gasteiger partial charge in [-0.15, -0.1) is 0 Å². The molecule has 1 saturated heterocycles. The molecular formula is C17H21N3O4S. The van der Waals surface area contributed by atoms with Gasteiger partial charge in [0.1, 0.15) is 5.41 Å². The summed E-state index contributed by atoms with van der Waals surface area (Å²) in [7, 11) is 1.49. The van der Waals surface area contributed by atoms with Crippen molar-refractivity contribution in [3.05, 3.63) is 30.1 Å². The number of carboxylic acid groups (broad SMARTS) is 1. The van der Waals surface area contributed by atoms with Crippen molar-refractivity contribution < 1.29 is 19.4 Å². The van der Waals surface area contributed by atoms with Crippen LogP contribution in [0.15, 0.2) is 29.6 Å². The summed E-state index contributed by atoms with van der Waals surface area (Å²) in [5.74, 6) is -1.16. The number of aliphatic carboxylic acids is 1. The first-order valence-electron chi connectivity index (χ1n) is 8.05. The van der Waals surface area contributed by atoms with Crippen LogP contribution in [0, 0.1) is 5.41 Å². The van der Waals surface area contributed by atoms with Crippen molar-refractivity contribution in [1.82, 2.24) is 14.3 Å². The number of aromatic nitrogens is 2. The highest BCUT2D eigenvalue weighted by Crippen LogP contribution is 2.32. The van der Waals surface area contributed by atoms with Gasteiger partial charge in [0.25, 0.3) is 5.91 Å². The van der Waals surface area contributed by atoms with Gasteiger partial charge in [-0.1, -0.05) is 17.8 Å². The molecule has 1 N–H and O–H groups in total. The molecule has 3 rings (SSSR count). The van der Waals surface area contributed by atoms with Crippen LogP contribution in [0.2, 0.25) is 0 Å². The van der Waals surface area contributed by atoms with Crippen LogP contribution in [0.4, 0.5) is 0 Å². The molecule has 8 heteroatoms. The minimum atomic E-state index is -1.06. The smallest absolute Gasteiger partial charge is 0.313 e. The Morgan fingerprint density at radius 1 is 1.44 bits per heavy atom. The maximum Gasteiger partial charge on any atom is 0.313 e. The van der Waals surface area contributed by atoms with Crippen LogP contribution in [0.3, 0.4) is 0 Å². The molecule has 1 aliphatic heterocycles. The van der Waals surface area contributed by atoms with Crippen molar-refractivity contribution in [2.75, 3.05) is 33.1 Å². The molecule has 0 saturated carbocycles. The van der Waals surface area contributed by atoms with E-state index in [9.17, 15) is 14.7 Å². The van der Waals surface area contributed by atoms with Crippen LogP contribution in [-0.2, 0) is 9.53 Å². The first-order chi connectivity index (χ1) is 12.0. The Balaban J connectivity index is 1.94. The number of carbonyl (C=O) groups excluding carboxylic acids is 1. The van der Waals surface area contributed by atoms with Crippen LogP contribution in [0.25, 0.3) is 5.52 Å². The molecule has 2 aromatic heterocycles. The van der Waals surface area contributed by atoms with Gasteiger partial charge in [0.2, 0.25) is 0 Å². The number of nitrogens with zero attached hydrogens (tertiary/aromatic N) is 3. The summed E-state index contributed by atoms with van der Waals surface area (Å²) < 4.78 is 7.01. The number of methoxy groups -OCH3 is 1. The minimum absolute atomic E-state index is 0.0894. The normalized spacial score (nSPS) is 20.8. The van der Waals surface area contributed by atoms with Crippen LogP contribution in [0.1, 0.15) is 23.3 Å². The molecule has 134 valence electrons. The maximum absolute atomic E-state index is 13.1. The number of rotatable bonds is 5. The zero-order valence-corrected chi connectivity index (χ0v) is 15.1. The second kappa shape index (κ2) is 7.05. The lowest BCUT2D eigenvalue weighted by atomic mass is 9.80. The van der Waals surface area contributed by atoms with Crippen LogP contribution in [-0.4, -0.2) is 64.3 Å². The van der Waals surface area contributed by atoms with Crippen molar-refractivity contribution >= 4 is 29.2 Å². The predicted octanol–water partition coefficient (Wildman–Crippen LogP) is 2.01. The van der Waals surface area contributed by atoms with Crippen LogP contribution >= 0.6 is 11.8 Å². The highest BCUT2D eigenvalue weighted by molar-refractivity contribution is 7.98. The van der Waals surface area contributed by atoms with Gasteiger partial charge < -0.3 is 14.7 Å². The Labute approximate surface area is 150 Å². The summed E-state index contributed by atoms with van der Waals surface area (Å²) in [5.41, 5.74) is 0.0409. The Morgan fingerprint density at radius 2 is 2.24 bits per heavy atom. The number of carboxylic acids is 1. The van der Waals surface area contributed by atoms with E-state index in [0.29, 0.717) is 25.1 Å². The quantitative estimate of drug-likeness (QED) is 0.818. The van der Waals surface area contributed by atoms with E-state index in [1.165, 1.54) is 18.9 Å². The fourth-order valence-electron chi connectivity index (χ4n) is 3.40. The molecule has 3 heterocycles. The second-order valence-corrected chi connectivity index (χ2v) is 7.03. The SMILES string of the molecule is COCC1(C(=O)O)CCCN(C(=O)c2nc(SC)n3ccccc23)C1. The molecule has 2 aromatic rings. The Hall–Kier alpha value is -2.06. The fourth-order valence-corrected chi connectivity index (χ4v) is 3.93. The molecule has 0 bridgehead atoms. The molecule has 1 unspecified atom stereocenters. The van der Waals surface area contributed by atoms with E-state index >= 15 is 0 Å². The topological polar surface area (TPSA) is 84.1 Å². The molecule has 7 nitrogen and oxygen atoms in total. The number of piperidine rings is 1. The zero-order valence-electron chi connectivity index (χ0n) is 14.3. The number of ether oxygens (including phenoxy) is 1. The van der Waals surface area contributed by atoms with E-state index in [2.05, 4.69) is 4.98 Å².